The normalized spacial score (nSPS) is 20.3. The number of rotatable bonds is 7. The Labute approximate surface area is 161 Å². The average molecular weight is 398 g/mol. The van der Waals surface area contributed by atoms with Gasteiger partial charge in [-0.15, -0.1) is 0 Å². The Kier molecular flexibility index (Phi) is 7.34. The Hall–Kier alpha value is -1.97. The minimum Gasteiger partial charge on any atom is -0.352 e. The summed E-state index contributed by atoms with van der Waals surface area (Å²) in [7, 11) is -2.39. The fourth-order valence-electron chi connectivity index (χ4n) is 3.18. The van der Waals surface area contributed by atoms with Gasteiger partial charge in [0.05, 0.1) is 31.1 Å². The number of likely N-dealkylation sites (N-methyl/N-ethyl adjacent to an activating group) is 1. The average Bonchev–Trinajstić information content (AvgIpc) is 2.62. The van der Waals surface area contributed by atoms with E-state index in [9.17, 15) is 18.0 Å². The first-order valence-electron chi connectivity index (χ1n) is 9.19. The second-order valence-electron chi connectivity index (χ2n) is 6.91. The van der Waals surface area contributed by atoms with E-state index in [4.69, 9.17) is 0 Å². The third-order valence-electron chi connectivity index (χ3n) is 4.81. The molecule has 1 aromatic carbocycles. The van der Waals surface area contributed by atoms with Crippen LogP contribution in [0, 0.1) is 0 Å². The second kappa shape index (κ2) is 9.29. The SMILES string of the molecule is CC[NH+]1CCC(NC(=O)CN(C)S(=O)(=O)c2ccc(NC(C)=O)cc2)CC1. The van der Waals surface area contributed by atoms with E-state index < -0.39 is 10.0 Å². The molecule has 1 saturated heterocycles. The number of anilines is 1. The van der Waals surface area contributed by atoms with Crippen molar-refractivity contribution in [2.45, 2.75) is 37.6 Å². The van der Waals surface area contributed by atoms with Crippen molar-refractivity contribution in [2.75, 3.05) is 38.5 Å². The molecule has 8 nitrogen and oxygen atoms in total. The second-order valence-corrected chi connectivity index (χ2v) is 8.96. The Morgan fingerprint density at radius 2 is 1.78 bits per heavy atom. The maximum Gasteiger partial charge on any atom is 0.243 e. The number of carbonyl (C=O) groups excluding carboxylic acids is 2. The number of nitrogens with one attached hydrogen (secondary N) is 3. The smallest absolute Gasteiger partial charge is 0.243 e. The number of benzene rings is 1. The molecule has 150 valence electrons. The van der Waals surface area contributed by atoms with E-state index in [1.54, 1.807) is 0 Å². The molecule has 27 heavy (non-hydrogen) atoms. The molecule has 0 radical (unpaired) electrons. The van der Waals surface area contributed by atoms with Crippen molar-refractivity contribution in [2.24, 2.45) is 0 Å². The summed E-state index contributed by atoms with van der Waals surface area (Å²) in [6, 6.07) is 5.98. The first-order valence-corrected chi connectivity index (χ1v) is 10.6. The molecule has 1 fully saturated rings. The van der Waals surface area contributed by atoms with Crippen LogP contribution in [0.3, 0.4) is 0 Å². The highest BCUT2D eigenvalue weighted by Crippen LogP contribution is 2.17. The summed E-state index contributed by atoms with van der Waals surface area (Å²) in [5.74, 6) is -0.522. The number of quaternary nitrogens is 1. The molecule has 0 aromatic heterocycles. The van der Waals surface area contributed by atoms with Crippen LogP contribution < -0.4 is 15.5 Å². The third-order valence-corrected chi connectivity index (χ3v) is 6.62. The molecule has 0 spiro atoms. The van der Waals surface area contributed by atoms with Crippen LogP contribution in [0.2, 0.25) is 0 Å². The van der Waals surface area contributed by atoms with Crippen molar-refractivity contribution < 1.29 is 22.9 Å². The molecule has 0 atom stereocenters. The zero-order valence-electron chi connectivity index (χ0n) is 16.1. The first-order chi connectivity index (χ1) is 12.7. The fraction of sp³-hybridized carbons (Fsp3) is 0.556. The van der Waals surface area contributed by atoms with Crippen LogP contribution in [0.25, 0.3) is 0 Å². The van der Waals surface area contributed by atoms with Crippen LogP contribution >= 0.6 is 0 Å². The number of hydrogen-bond acceptors (Lipinski definition) is 4. The summed E-state index contributed by atoms with van der Waals surface area (Å²) < 4.78 is 26.3. The van der Waals surface area contributed by atoms with E-state index in [-0.39, 0.29) is 29.3 Å². The highest BCUT2D eigenvalue weighted by Gasteiger charge is 2.26. The van der Waals surface area contributed by atoms with E-state index in [1.165, 1.54) is 43.1 Å². The van der Waals surface area contributed by atoms with Gasteiger partial charge in [-0.25, -0.2) is 8.42 Å². The summed E-state index contributed by atoms with van der Waals surface area (Å²) in [5, 5.41) is 5.53. The lowest BCUT2D eigenvalue weighted by Gasteiger charge is -2.29. The maximum atomic E-state index is 12.6. The van der Waals surface area contributed by atoms with E-state index in [0.717, 1.165) is 36.8 Å². The largest absolute Gasteiger partial charge is 0.352 e. The van der Waals surface area contributed by atoms with Gasteiger partial charge in [-0.3, -0.25) is 9.59 Å². The number of amides is 2. The minimum atomic E-state index is -3.78. The lowest BCUT2D eigenvalue weighted by molar-refractivity contribution is -0.903. The molecule has 1 aromatic rings. The van der Waals surface area contributed by atoms with Gasteiger partial charge in [0.15, 0.2) is 0 Å². The summed E-state index contributed by atoms with van der Waals surface area (Å²) in [6.45, 7) is 6.44. The van der Waals surface area contributed by atoms with Crippen molar-refractivity contribution >= 4 is 27.5 Å². The van der Waals surface area contributed by atoms with Crippen LogP contribution in [0.4, 0.5) is 5.69 Å². The molecular formula is C18H29N4O4S+. The highest BCUT2D eigenvalue weighted by molar-refractivity contribution is 7.89. The van der Waals surface area contributed by atoms with Gasteiger partial charge < -0.3 is 15.5 Å². The van der Waals surface area contributed by atoms with Crippen molar-refractivity contribution in [1.82, 2.24) is 9.62 Å². The van der Waals surface area contributed by atoms with Crippen molar-refractivity contribution in [3.05, 3.63) is 24.3 Å². The molecule has 1 aliphatic heterocycles. The fourth-order valence-corrected chi connectivity index (χ4v) is 4.31. The molecule has 0 bridgehead atoms. The monoisotopic (exact) mass is 397 g/mol. The van der Waals surface area contributed by atoms with Crippen LogP contribution in [0.1, 0.15) is 26.7 Å². The van der Waals surface area contributed by atoms with Gasteiger partial charge in [-0.1, -0.05) is 0 Å². The molecule has 1 heterocycles. The first kappa shape index (κ1) is 21.3. The van der Waals surface area contributed by atoms with Crippen LogP contribution in [-0.4, -0.2) is 63.8 Å². The quantitative estimate of drug-likeness (QED) is 0.575. The molecule has 3 N–H and O–H groups in total. The highest BCUT2D eigenvalue weighted by atomic mass is 32.2. The number of nitrogens with zero attached hydrogens (tertiary/aromatic N) is 1. The molecular weight excluding hydrogens is 368 g/mol. The topological polar surface area (TPSA) is 100 Å². The lowest BCUT2D eigenvalue weighted by atomic mass is 10.1. The molecule has 9 heteroatoms. The van der Waals surface area contributed by atoms with Gasteiger partial charge >= 0.3 is 0 Å². The van der Waals surface area contributed by atoms with Crippen molar-refractivity contribution in [3.63, 3.8) is 0 Å². The zero-order chi connectivity index (χ0) is 20.0. The summed E-state index contributed by atoms with van der Waals surface area (Å²) in [5.41, 5.74) is 0.516. The van der Waals surface area contributed by atoms with E-state index in [2.05, 4.69) is 17.6 Å². The Morgan fingerprint density at radius 3 is 2.30 bits per heavy atom. The minimum absolute atomic E-state index is 0.0757. The van der Waals surface area contributed by atoms with E-state index in [0.29, 0.717) is 5.69 Å². The molecule has 0 saturated carbocycles. The van der Waals surface area contributed by atoms with Gasteiger partial charge in [-0.2, -0.15) is 4.31 Å². The van der Waals surface area contributed by atoms with Gasteiger partial charge in [-0.05, 0) is 31.2 Å². The third kappa shape index (κ3) is 6.02. The predicted octanol–water partition coefficient (Wildman–Crippen LogP) is -0.551. The predicted molar refractivity (Wildman–Crippen MR) is 103 cm³/mol. The lowest BCUT2D eigenvalue weighted by Crippen LogP contribution is -3.13. The van der Waals surface area contributed by atoms with Gasteiger partial charge in [0, 0.05) is 38.5 Å². The summed E-state index contributed by atoms with van der Waals surface area (Å²) in [4.78, 5) is 24.9. The summed E-state index contributed by atoms with van der Waals surface area (Å²) in [6.07, 6.45) is 1.83. The standard InChI is InChI=1S/C18H28N4O4S/c1-4-22-11-9-16(10-12-22)20-18(24)13-21(3)27(25,26)17-7-5-15(6-8-17)19-14(2)23/h5-8,16H,4,9-13H2,1-3H3,(H,19,23)(H,20,24)/p+1. The van der Waals surface area contributed by atoms with E-state index in [1.807, 2.05) is 0 Å². The number of likely N-dealkylation sites (tertiary alicyclic amines) is 1. The molecule has 0 aliphatic carbocycles. The number of sulfonamides is 1. The van der Waals surface area contributed by atoms with Gasteiger partial charge in [0.1, 0.15) is 0 Å². The number of hydrogen-bond donors (Lipinski definition) is 3. The molecule has 1 aliphatic rings. The van der Waals surface area contributed by atoms with Crippen LogP contribution in [0.5, 0.6) is 0 Å². The maximum absolute atomic E-state index is 12.6. The van der Waals surface area contributed by atoms with Gasteiger partial charge in [0.2, 0.25) is 21.8 Å². The Balaban J connectivity index is 1.92. The van der Waals surface area contributed by atoms with Crippen LogP contribution in [-0.2, 0) is 19.6 Å². The van der Waals surface area contributed by atoms with Gasteiger partial charge in [0.25, 0.3) is 0 Å². The number of piperidine rings is 1. The molecule has 2 amide bonds. The Bertz CT molecular complexity index is 756. The van der Waals surface area contributed by atoms with Crippen LogP contribution in [0.15, 0.2) is 29.2 Å². The van der Waals surface area contributed by atoms with E-state index >= 15 is 0 Å². The summed E-state index contributed by atoms with van der Waals surface area (Å²) >= 11 is 0. The van der Waals surface area contributed by atoms with Crippen molar-refractivity contribution in [1.29, 1.82) is 0 Å². The molecule has 0 unspecified atom stereocenters. The number of carbonyl (C=O) groups is 2. The van der Waals surface area contributed by atoms with Crippen molar-refractivity contribution in [3.8, 4) is 0 Å². The molecule has 2 rings (SSSR count). The Morgan fingerprint density at radius 1 is 1.19 bits per heavy atom. The zero-order valence-corrected chi connectivity index (χ0v) is 16.9.